The molecule has 3 heterocycles. The number of methoxy groups -OCH3 is 1. The number of ether oxygens (including phenoxy) is 1. The van der Waals surface area contributed by atoms with Gasteiger partial charge >= 0.3 is 5.97 Å². The Balaban J connectivity index is 1.79. The molecule has 26 heavy (non-hydrogen) atoms. The second-order valence-corrected chi connectivity index (χ2v) is 8.08. The average Bonchev–Trinajstić information content (AvgIpc) is 3.18. The van der Waals surface area contributed by atoms with E-state index in [1.54, 1.807) is 6.07 Å². The highest BCUT2D eigenvalue weighted by Crippen LogP contribution is 2.62. The van der Waals surface area contributed by atoms with Crippen molar-refractivity contribution in [1.82, 2.24) is 4.90 Å². The van der Waals surface area contributed by atoms with Crippen LogP contribution >= 0.6 is 0 Å². The number of aliphatic hydroxyl groups excluding tert-OH is 1. The summed E-state index contributed by atoms with van der Waals surface area (Å²) >= 11 is 0. The SMILES string of the molecule is COC(=O)C1=C2Nc3c(O)cccc3[C@@]23CCN2C[C@@H]([C@H](C)O)[C@@H]1C[C@H]23. The first-order valence-corrected chi connectivity index (χ1v) is 9.33. The summed E-state index contributed by atoms with van der Waals surface area (Å²) in [4.78, 5) is 15.3. The third kappa shape index (κ3) is 1.76. The molecular formula is C20H24N2O4. The van der Waals surface area contributed by atoms with Gasteiger partial charge in [-0.05, 0) is 37.9 Å². The number of rotatable bonds is 2. The van der Waals surface area contributed by atoms with Gasteiger partial charge in [-0.25, -0.2) is 4.79 Å². The molecule has 2 bridgehead atoms. The molecule has 3 N–H and O–H groups in total. The third-order valence-electron chi connectivity index (χ3n) is 7.13. The lowest BCUT2D eigenvalue weighted by Gasteiger charge is -2.51. The Morgan fingerprint density at radius 1 is 1.46 bits per heavy atom. The summed E-state index contributed by atoms with van der Waals surface area (Å²) < 4.78 is 5.16. The number of fused-ring (bicyclic) bond motifs is 2. The summed E-state index contributed by atoms with van der Waals surface area (Å²) in [6.07, 6.45) is 1.24. The summed E-state index contributed by atoms with van der Waals surface area (Å²) in [5.74, 6) is -0.145. The number of carbonyl (C=O) groups is 1. The number of piperidine rings is 1. The Bertz CT molecular complexity index is 833. The lowest BCUT2D eigenvalue weighted by molar-refractivity contribution is -0.138. The monoisotopic (exact) mass is 356 g/mol. The van der Waals surface area contributed by atoms with Gasteiger partial charge < -0.3 is 20.3 Å². The van der Waals surface area contributed by atoms with Crippen molar-refractivity contribution in [2.75, 3.05) is 25.5 Å². The highest BCUT2D eigenvalue weighted by atomic mass is 16.5. The maximum absolute atomic E-state index is 12.8. The number of hydrogen-bond acceptors (Lipinski definition) is 6. The second-order valence-electron chi connectivity index (χ2n) is 8.08. The van der Waals surface area contributed by atoms with E-state index in [1.807, 2.05) is 13.0 Å². The number of benzene rings is 1. The van der Waals surface area contributed by atoms with Crippen molar-refractivity contribution in [2.24, 2.45) is 11.8 Å². The zero-order valence-corrected chi connectivity index (χ0v) is 15.0. The van der Waals surface area contributed by atoms with Crippen LogP contribution in [0.25, 0.3) is 0 Å². The minimum atomic E-state index is -0.494. The van der Waals surface area contributed by atoms with Gasteiger partial charge in [0.1, 0.15) is 5.75 Å². The quantitative estimate of drug-likeness (QED) is 0.551. The molecule has 0 saturated carbocycles. The first-order valence-electron chi connectivity index (χ1n) is 9.33. The molecule has 2 fully saturated rings. The number of carbonyl (C=O) groups excluding carboxylic acids is 1. The van der Waals surface area contributed by atoms with Crippen molar-refractivity contribution in [3.05, 3.63) is 35.0 Å². The molecule has 0 aromatic heterocycles. The van der Waals surface area contributed by atoms with Crippen LogP contribution in [0.2, 0.25) is 0 Å². The molecule has 1 aromatic rings. The van der Waals surface area contributed by atoms with Gasteiger partial charge in [-0.15, -0.1) is 0 Å². The summed E-state index contributed by atoms with van der Waals surface area (Å²) in [6, 6.07) is 5.90. The Kier molecular flexibility index (Phi) is 3.25. The fourth-order valence-corrected chi connectivity index (χ4v) is 6.03. The predicted molar refractivity (Wildman–Crippen MR) is 95.7 cm³/mol. The van der Waals surface area contributed by atoms with Gasteiger partial charge in [-0.1, -0.05) is 12.1 Å². The highest BCUT2D eigenvalue weighted by molar-refractivity contribution is 5.94. The Morgan fingerprint density at radius 2 is 2.27 bits per heavy atom. The van der Waals surface area contributed by atoms with Crippen LogP contribution in [0, 0.1) is 11.8 Å². The number of nitrogens with one attached hydrogen (secondary N) is 1. The molecule has 6 nitrogen and oxygen atoms in total. The Hall–Kier alpha value is -2.05. The van der Waals surface area contributed by atoms with Crippen LogP contribution < -0.4 is 5.32 Å². The molecular weight excluding hydrogens is 332 g/mol. The van der Waals surface area contributed by atoms with Gasteiger partial charge in [0.05, 0.1) is 29.9 Å². The topological polar surface area (TPSA) is 82.0 Å². The number of aliphatic hydroxyl groups is 1. The van der Waals surface area contributed by atoms with Crippen molar-refractivity contribution in [1.29, 1.82) is 0 Å². The van der Waals surface area contributed by atoms with E-state index in [0.29, 0.717) is 11.3 Å². The van der Waals surface area contributed by atoms with Crippen molar-refractivity contribution >= 4 is 11.7 Å². The molecule has 1 aliphatic carbocycles. The smallest absolute Gasteiger partial charge is 0.335 e. The van der Waals surface area contributed by atoms with Crippen LogP contribution in [-0.2, 0) is 14.9 Å². The average molecular weight is 356 g/mol. The van der Waals surface area contributed by atoms with E-state index in [4.69, 9.17) is 4.74 Å². The van der Waals surface area contributed by atoms with Crippen molar-refractivity contribution in [3.8, 4) is 5.75 Å². The Morgan fingerprint density at radius 3 is 3.00 bits per heavy atom. The number of hydrogen-bond donors (Lipinski definition) is 3. The van der Waals surface area contributed by atoms with E-state index in [0.717, 1.165) is 37.2 Å². The summed E-state index contributed by atoms with van der Waals surface area (Å²) in [5.41, 5.74) is 3.04. The Labute approximate surface area is 152 Å². The van der Waals surface area contributed by atoms with E-state index in [-0.39, 0.29) is 35.0 Å². The molecule has 0 unspecified atom stereocenters. The summed E-state index contributed by atoms with van der Waals surface area (Å²) in [6.45, 7) is 3.52. The molecule has 5 atom stereocenters. The fourth-order valence-electron chi connectivity index (χ4n) is 6.03. The van der Waals surface area contributed by atoms with Gasteiger partial charge in [0.2, 0.25) is 0 Å². The van der Waals surface area contributed by atoms with Crippen LogP contribution in [0.4, 0.5) is 5.69 Å². The maximum atomic E-state index is 12.8. The standard InChI is InChI=1S/C20H24N2O4/c1-10(23)12-9-22-7-6-20-13-4-3-5-14(24)17(13)21-18(20)16(19(25)26-2)11(12)8-15(20)22/h3-5,10-12,15,21,23-24H,6-9H2,1-2H3/t10-,11-,12-,15-,20+/m0/s1. The van der Waals surface area contributed by atoms with E-state index < -0.39 is 6.10 Å². The highest BCUT2D eigenvalue weighted by Gasteiger charge is 2.63. The van der Waals surface area contributed by atoms with E-state index >= 15 is 0 Å². The molecule has 2 saturated heterocycles. The van der Waals surface area contributed by atoms with Crippen LogP contribution in [0.15, 0.2) is 29.5 Å². The van der Waals surface area contributed by atoms with Gasteiger partial charge in [-0.3, -0.25) is 4.90 Å². The summed E-state index contributed by atoms with van der Waals surface area (Å²) in [5, 5.41) is 24.2. The minimum absolute atomic E-state index is 0.00283. The largest absolute Gasteiger partial charge is 0.506 e. The zero-order chi connectivity index (χ0) is 18.2. The second kappa shape index (κ2) is 5.24. The minimum Gasteiger partial charge on any atom is -0.506 e. The van der Waals surface area contributed by atoms with Gasteiger partial charge in [0.25, 0.3) is 0 Å². The predicted octanol–water partition coefficient (Wildman–Crippen LogP) is 1.59. The van der Waals surface area contributed by atoms with Crippen molar-refractivity contribution in [2.45, 2.75) is 37.3 Å². The number of esters is 1. The molecule has 138 valence electrons. The van der Waals surface area contributed by atoms with Gasteiger partial charge in [0.15, 0.2) is 0 Å². The molecule has 0 amide bonds. The number of para-hydroxylation sites is 1. The number of phenols is 1. The van der Waals surface area contributed by atoms with E-state index in [9.17, 15) is 15.0 Å². The molecule has 1 aromatic carbocycles. The third-order valence-corrected chi connectivity index (χ3v) is 7.13. The lowest BCUT2D eigenvalue weighted by Crippen LogP contribution is -2.57. The van der Waals surface area contributed by atoms with E-state index in [2.05, 4.69) is 16.3 Å². The maximum Gasteiger partial charge on any atom is 0.335 e. The number of aromatic hydroxyl groups is 1. The number of anilines is 1. The molecule has 5 rings (SSSR count). The lowest BCUT2D eigenvalue weighted by atomic mass is 9.60. The van der Waals surface area contributed by atoms with Crippen LogP contribution in [0.3, 0.4) is 0 Å². The first kappa shape index (κ1) is 16.1. The molecule has 1 spiro atoms. The first-order chi connectivity index (χ1) is 12.5. The molecule has 4 aliphatic rings. The molecule has 6 heteroatoms. The molecule has 3 aliphatic heterocycles. The van der Waals surface area contributed by atoms with Gasteiger partial charge in [-0.2, -0.15) is 0 Å². The number of nitrogens with zero attached hydrogens (tertiary/aromatic N) is 1. The fraction of sp³-hybridized carbons (Fsp3) is 0.550. The normalized spacial score (nSPS) is 35.6. The van der Waals surface area contributed by atoms with Crippen molar-refractivity contribution in [3.63, 3.8) is 0 Å². The zero-order valence-electron chi connectivity index (χ0n) is 15.0. The van der Waals surface area contributed by atoms with Crippen LogP contribution in [0.5, 0.6) is 5.75 Å². The summed E-state index contributed by atoms with van der Waals surface area (Å²) in [7, 11) is 1.41. The number of phenolic OH excluding ortho intramolecular Hbond substituents is 1. The molecule has 0 radical (unpaired) electrons. The van der Waals surface area contributed by atoms with Crippen LogP contribution in [-0.4, -0.2) is 53.4 Å². The van der Waals surface area contributed by atoms with Crippen LogP contribution in [0.1, 0.15) is 25.3 Å². The van der Waals surface area contributed by atoms with Crippen molar-refractivity contribution < 1.29 is 19.7 Å². The van der Waals surface area contributed by atoms with E-state index in [1.165, 1.54) is 7.11 Å². The van der Waals surface area contributed by atoms with Gasteiger partial charge in [0, 0.05) is 30.1 Å².